The van der Waals surface area contributed by atoms with E-state index in [1.165, 1.54) is 6.20 Å². The number of aryl methyl sites for hydroxylation is 1. The fourth-order valence-corrected chi connectivity index (χ4v) is 3.31. The summed E-state index contributed by atoms with van der Waals surface area (Å²) in [6, 6.07) is 11.7. The smallest absolute Gasteiger partial charge is 0.313 e. The molecule has 0 bridgehead atoms. The van der Waals surface area contributed by atoms with Gasteiger partial charge in [-0.3, -0.25) is 14.6 Å². The van der Waals surface area contributed by atoms with Gasteiger partial charge < -0.3 is 10.6 Å². The molecule has 1 aromatic heterocycles. The molecular formula is C19H21N3O2. The first kappa shape index (κ1) is 16.2. The van der Waals surface area contributed by atoms with Crippen molar-refractivity contribution in [3.05, 3.63) is 59.9 Å². The number of anilines is 1. The SMILES string of the molecule is Cc1cncc(NC(=O)C(=O)NC2(c3ccccc3)CCCC2)c1. The van der Waals surface area contributed by atoms with E-state index in [-0.39, 0.29) is 0 Å². The second-order valence-corrected chi connectivity index (χ2v) is 6.31. The molecule has 1 fully saturated rings. The van der Waals surface area contributed by atoms with Crippen molar-refractivity contribution >= 4 is 17.5 Å². The molecule has 1 heterocycles. The molecule has 1 aliphatic rings. The highest BCUT2D eigenvalue weighted by molar-refractivity contribution is 6.39. The number of pyridine rings is 1. The van der Waals surface area contributed by atoms with E-state index in [4.69, 9.17) is 0 Å². The molecule has 2 N–H and O–H groups in total. The summed E-state index contributed by atoms with van der Waals surface area (Å²) in [4.78, 5) is 28.7. The van der Waals surface area contributed by atoms with Crippen molar-refractivity contribution in [3.8, 4) is 0 Å². The Balaban J connectivity index is 1.73. The molecule has 5 nitrogen and oxygen atoms in total. The second-order valence-electron chi connectivity index (χ2n) is 6.31. The number of carbonyl (C=O) groups is 2. The van der Waals surface area contributed by atoms with Crippen molar-refractivity contribution in [1.29, 1.82) is 0 Å². The fraction of sp³-hybridized carbons (Fsp3) is 0.316. The molecule has 0 unspecified atom stereocenters. The third kappa shape index (κ3) is 3.45. The molecular weight excluding hydrogens is 302 g/mol. The number of aromatic nitrogens is 1. The molecule has 0 saturated heterocycles. The van der Waals surface area contributed by atoms with E-state index in [9.17, 15) is 9.59 Å². The third-order valence-electron chi connectivity index (χ3n) is 4.48. The summed E-state index contributed by atoms with van der Waals surface area (Å²) >= 11 is 0. The maximum Gasteiger partial charge on any atom is 0.313 e. The van der Waals surface area contributed by atoms with Crippen LogP contribution in [-0.2, 0) is 15.1 Å². The molecule has 24 heavy (non-hydrogen) atoms. The van der Waals surface area contributed by atoms with Gasteiger partial charge in [-0.2, -0.15) is 0 Å². The average Bonchev–Trinajstić information content (AvgIpc) is 3.05. The van der Waals surface area contributed by atoms with Gasteiger partial charge in [0.1, 0.15) is 0 Å². The minimum Gasteiger partial charge on any atom is -0.338 e. The van der Waals surface area contributed by atoms with Gasteiger partial charge in [0.25, 0.3) is 0 Å². The first-order valence-corrected chi connectivity index (χ1v) is 8.20. The molecule has 2 aromatic rings. The van der Waals surface area contributed by atoms with E-state index < -0.39 is 17.4 Å². The van der Waals surface area contributed by atoms with Crippen molar-refractivity contribution in [3.63, 3.8) is 0 Å². The molecule has 1 saturated carbocycles. The van der Waals surface area contributed by atoms with Gasteiger partial charge in [-0.25, -0.2) is 0 Å². The highest BCUT2D eigenvalue weighted by atomic mass is 16.2. The molecule has 3 rings (SSSR count). The summed E-state index contributed by atoms with van der Waals surface area (Å²) in [5, 5.41) is 5.58. The van der Waals surface area contributed by atoms with E-state index in [2.05, 4.69) is 15.6 Å². The number of amides is 2. The molecule has 0 spiro atoms. The average molecular weight is 323 g/mol. The largest absolute Gasteiger partial charge is 0.338 e. The van der Waals surface area contributed by atoms with E-state index in [0.29, 0.717) is 5.69 Å². The third-order valence-corrected chi connectivity index (χ3v) is 4.48. The highest BCUT2D eigenvalue weighted by Crippen LogP contribution is 2.38. The summed E-state index contributed by atoms with van der Waals surface area (Å²) in [6.45, 7) is 1.88. The van der Waals surface area contributed by atoms with Crippen molar-refractivity contribution in [2.45, 2.75) is 38.1 Å². The predicted molar refractivity (Wildman–Crippen MR) is 92.3 cm³/mol. The molecule has 1 aromatic carbocycles. The molecule has 2 amide bonds. The minimum absolute atomic E-state index is 0.444. The maximum absolute atomic E-state index is 12.4. The monoisotopic (exact) mass is 323 g/mol. The standard InChI is InChI=1S/C19H21N3O2/c1-14-11-16(13-20-12-14)21-17(23)18(24)22-19(9-5-6-10-19)15-7-3-2-4-8-15/h2-4,7-8,11-13H,5-6,9-10H2,1H3,(H,21,23)(H,22,24). The van der Waals surface area contributed by atoms with Crippen LogP contribution in [0.5, 0.6) is 0 Å². The Labute approximate surface area is 141 Å². The van der Waals surface area contributed by atoms with Crippen molar-refractivity contribution in [2.24, 2.45) is 0 Å². The zero-order chi connectivity index (χ0) is 17.0. The first-order chi connectivity index (χ1) is 11.6. The Morgan fingerprint density at radius 2 is 1.75 bits per heavy atom. The minimum atomic E-state index is -0.662. The van der Waals surface area contributed by atoms with E-state index in [1.807, 2.05) is 37.3 Å². The summed E-state index contributed by atoms with van der Waals surface area (Å²) in [6.07, 6.45) is 7.00. The van der Waals surface area contributed by atoms with Crippen LogP contribution in [0.4, 0.5) is 5.69 Å². The van der Waals surface area contributed by atoms with Gasteiger partial charge in [0.15, 0.2) is 0 Å². The van der Waals surface area contributed by atoms with Crippen LogP contribution in [0, 0.1) is 6.92 Å². The van der Waals surface area contributed by atoms with Crippen LogP contribution in [-0.4, -0.2) is 16.8 Å². The topological polar surface area (TPSA) is 71.1 Å². The van der Waals surface area contributed by atoms with Crippen LogP contribution >= 0.6 is 0 Å². The number of hydrogen-bond acceptors (Lipinski definition) is 3. The summed E-state index contributed by atoms with van der Waals surface area (Å²) in [5.41, 5.74) is 2.06. The molecule has 124 valence electrons. The van der Waals surface area contributed by atoms with Gasteiger partial charge in [-0.1, -0.05) is 43.2 Å². The number of nitrogens with one attached hydrogen (secondary N) is 2. The molecule has 0 radical (unpaired) electrons. The lowest BCUT2D eigenvalue weighted by atomic mass is 9.88. The van der Waals surface area contributed by atoms with Crippen LogP contribution in [0.1, 0.15) is 36.8 Å². The Morgan fingerprint density at radius 3 is 2.42 bits per heavy atom. The molecule has 1 aliphatic carbocycles. The summed E-state index contributed by atoms with van der Waals surface area (Å²) < 4.78 is 0. The van der Waals surface area contributed by atoms with Gasteiger partial charge in [0.05, 0.1) is 17.4 Å². The number of carbonyl (C=O) groups excluding carboxylic acids is 2. The van der Waals surface area contributed by atoms with Crippen LogP contribution in [0.3, 0.4) is 0 Å². The lowest BCUT2D eigenvalue weighted by Gasteiger charge is -2.30. The van der Waals surface area contributed by atoms with Crippen molar-refractivity contribution in [2.75, 3.05) is 5.32 Å². The molecule has 5 heteroatoms. The Hall–Kier alpha value is -2.69. The fourth-order valence-electron chi connectivity index (χ4n) is 3.31. The lowest BCUT2D eigenvalue weighted by Crippen LogP contribution is -2.48. The number of hydrogen-bond donors (Lipinski definition) is 2. The van der Waals surface area contributed by atoms with E-state index >= 15 is 0 Å². The Kier molecular flexibility index (Phi) is 4.60. The first-order valence-electron chi connectivity index (χ1n) is 8.20. The van der Waals surface area contributed by atoms with Crippen molar-refractivity contribution < 1.29 is 9.59 Å². The van der Waals surface area contributed by atoms with Gasteiger partial charge in [0, 0.05) is 6.20 Å². The van der Waals surface area contributed by atoms with Crippen molar-refractivity contribution in [1.82, 2.24) is 10.3 Å². The number of rotatable bonds is 3. The number of nitrogens with zero attached hydrogens (tertiary/aromatic N) is 1. The zero-order valence-electron chi connectivity index (χ0n) is 13.7. The zero-order valence-corrected chi connectivity index (χ0v) is 13.7. The predicted octanol–water partition coefficient (Wildman–Crippen LogP) is 2.91. The lowest BCUT2D eigenvalue weighted by molar-refractivity contribution is -0.137. The molecule has 0 aliphatic heterocycles. The van der Waals surface area contributed by atoms with Gasteiger partial charge in [0.2, 0.25) is 0 Å². The summed E-state index contributed by atoms with van der Waals surface area (Å²) in [7, 11) is 0. The van der Waals surface area contributed by atoms with E-state index in [1.54, 1.807) is 12.3 Å². The second kappa shape index (κ2) is 6.83. The van der Waals surface area contributed by atoms with Crippen LogP contribution in [0.25, 0.3) is 0 Å². The normalized spacial score (nSPS) is 15.7. The number of benzene rings is 1. The quantitative estimate of drug-likeness (QED) is 0.853. The van der Waals surface area contributed by atoms with E-state index in [0.717, 1.165) is 36.8 Å². The van der Waals surface area contributed by atoms with Gasteiger partial charge in [-0.05, 0) is 37.0 Å². The van der Waals surface area contributed by atoms with Gasteiger partial charge in [-0.15, -0.1) is 0 Å². The summed E-state index contributed by atoms with van der Waals surface area (Å²) in [5.74, 6) is -1.27. The maximum atomic E-state index is 12.4. The molecule has 0 atom stereocenters. The Morgan fingerprint density at radius 1 is 1.04 bits per heavy atom. The van der Waals surface area contributed by atoms with Crippen LogP contribution in [0.15, 0.2) is 48.8 Å². The van der Waals surface area contributed by atoms with Crippen LogP contribution < -0.4 is 10.6 Å². The van der Waals surface area contributed by atoms with Gasteiger partial charge >= 0.3 is 11.8 Å². The highest BCUT2D eigenvalue weighted by Gasteiger charge is 2.38. The van der Waals surface area contributed by atoms with Crippen LogP contribution in [0.2, 0.25) is 0 Å². The Bertz CT molecular complexity index is 737.